The predicted molar refractivity (Wildman–Crippen MR) is 163 cm³/mol. The number of thiocarbonyl (C=S) groups is 5. The summed E-state index contributed by atoms with van der Waals surface area (Å²) in [5, 5.41) is 13.1. The van der Waals surface area contributed by atoms with Gasteiger partial charge < -0.3 is 45.6 Å². The first-order chi connectivity index (χ1) is 17.0. The van der Waals surface area contributed by atoms with Gasteiger partial charge in [0.15, 0.2) is 15.3 Å². The molecular weight excluding hydrogens is 581 g/mol. The van der Waals surface area contributed by atoms with Crippen LogP contribution < -0.4 is 21.3 Å². The summed E-state index contributed by atoms with van der Waals surface area (Å²) in [4.78, 5) is 24.5. The molecule has 0 saturated carbocycles. The normalized spacial score (nSPS) is 16.4. The molecule has 1 amide bonds. The minimum atomic E-state index is -0.368. The van der Waals surface area contributed by atoms with Crippen LogP contribution in [0.2, 0.25) is 0 Å². The number of ether oxygens (including phenoxy) is 1. The van der Waals surface area contributed by atoms with E-state index in [4.69, 9.17) is 65.8 Å². The van der Waals surface area contributed by atoms with E-state index in [-0.39, 0.29) is 18.7 Å². The van der Waals surface area contributed by atoms with Crippen LogP contribution in [-0.2, 0) is 4.74 Å². The van der Waals surface area contributed by atoms with Crippen molar-refractivity contribution in [3.63, 3.8) is 0 Å². The average Bonchev–Trinajstić information content (AvgIpc) is 2.86. The second kappa shape index (κ2) is 15.1. The van der Waals surface area contributed by atoms with E-state index in [1.54, 1.807) is 23.9 Å². The zero-order chi connectivity index (χ0) is 26.8. The highest BCUT2D eigenvalue weighted by Crippen LogP contribution is 2.11. The van der Waals surface area contributed by atoms with Gasteiger partial charge in [-0.05, 0) is 43.7 Å². The molecule has 2 aliphatic rings. The third kappa shape index (κ3) is 9.47. The maximum absolute atomic E-state index is 11.8. The molecule has 0 bridgehead atoms. The third-order valence-electron chi connectivity index (χ3n) is 5.13. The molecule has 0 aromatic heterocycles. The van der Waals surface area contributed by atoms with Gasteiger partial charge in [-0.15, -0.1) is 0 Å². The summed E-state index contributed by atoms with van der Waals surface area (Å²) in [5.74, 6) is 0. The number of nitrogens with one attached hydrogen (secondary N) is 4. The van der Waals surface area contributed by atoms with E-state index in [0.29, 0.717) is 66.8 Å². The number of rotatable bonds is 6. The van der Waals surface area contributed by atoms with Gasteiger partial charge in [-0.1, -0.05) is 37.1 Å². The molecule has 2 aliphatic heterocycles. The summed E-state index contributed by atoms with van der Waals surface area (Å²) < 4.78 is 5.62. The van der Waals surface area contributed by atoms with Crippen LogP contribution in [0.5, 0.6) is 0 Å². The fraction of sp³-hybridized carbons (Fsp3) is 0.667. The van der Waals surface area contributed by atoms with Gasteiger partial charge in [0.25, 0.3) is 5.24 Å². The molecule has 202 valence electrons. The summed E-state index contributed by atoms with van der Waals surface area (Å²) in [6.07, 6.45) is 0.521. The number of hydrogen-bond acceptors (Lipinski definition) is 8. The highest BCUT2D eigenvalue weighted by Gasteiger charge is 2.28. The van der Waals surface area contributed by atoms with Crippen molar-refractivity contribution in [3.8, 4) is 0 Å². The topological polar surface area (TPSA) is 93.9 Å². The molecule has 0 aromatic carbocycles. The maximum atomic E-state index is 11.8. The lowest BCUT2D eigenvalue weighted by atomic mass is 10.3. The molecule has 4 N–H and O–H groups in total. The van der Waals surface area contributed by atoms with Gasteiger partial charge in [-0.3, -0.25) is 14.6 Å². The van der Waals surface area contributed by atoms with Crippen molar-refractivity contribution < 1.29 is 9.53 Å². The smallest absolute Gasteiger partial charge is 0.281 e. The zero-order valence-electron chi connectivity index (χ0n) is 20.4. The monoisotopic (exact) mass is 612 g/mol. The Labute approximate surface area is 244 Å². The molecule has 18 heteroatoms. The summed E-state index contributed by atoms with van der Waals surface area (Å²) in [6, 6.07) is 0. The molecule has 12 nitrogen and oxygen atoms in total. The number of amides is 1. The van der Waals surface area contributed by atoms with Gasteiger partial charge in [-0.2, -0.15) is 0 Å². The van der Waals surface area contributed by atoms with Crippen LogP contribution in [0, 0.1) is 0 Å². The van der Waals surface area contributed by atoms with E-state index in [1.807, 2.05) is 11.9 Å². The SMILES string of the molecule is CNC(=S)CC(=S)N1CN(C)CN(C(=S)NCOCNC(=S)N2CN(C(=O)S)CN(C(=S)NC)C2)C1. The van der Waals surface area contributed by atoms with Crippen LogP contribution in [-0.4, -0.2) is 135 Å². The molecule has 36 heavy (non-hydrogen) atoms. The van der Waals surface area contributed by atoms with Gasteiger partial charge in [-0.25, -0.2) is 0 Å². The van der Waals surface area contributed by atoms with Crippen LogP contribution in [0.1, 0.15) is 6.42 Å². The van der Waals surface area contributed by atoms with Gasteiger partial charge in [0, 0.05) is 20.5 Å². The van der Waals surface area contributed by atoms with Gasteiger partial charge >= 0.3 is 0 Å². The minimum absolute atomic E-state index is 0.147. The quantitative estimate of drug-likeness (QED) is 0.118. The average molecular weight is 613 g/mol. The maximum Gasteiger partial charge on any atom is 0.281 e. The Bertz CT molecular complexity index is 864. The summed E-state index contributed by atoms with van der Waals surface area (Å²) in [6.45, 7) is 3.28. The largest absolute Gasteiger partial charge is 0.382 e. The number of thiol groups is 1. The van der Waals surface area contributed by atoms with Crippen LogP contribution in [0.25, 0.3) is 0 Å². The Morgan fingerprint density at radius 3 is 1.75 bits per heavy atom. The standard InChI is InChI=1S/C18H32N10O2S6/c1-19-13(31)4-14(32)24-7-23(3)8-25(9-24)16(34)21-5-30-6-22-17(35)27-10-26(15(33)20-2)11-28(12-27)18(29)36/h4-12H2,1-3H3,(H,19,31)(H,20,33)(H,21,34)(H,22,35)(H,29,36). The van der Waals surface area contributed by atoms with Crippen LogP contribution >= 0.6 is 73.7 Å². The van der Waals surface area contributed by atoms with E-state index >= 15 is 0 Å². The second-order valence-corrected chi connectivity index (χ2v) is 10.4. The Morgan fingerprint density at radius 1 is 0.750 bits per heavy atom. The lowest BCUT2D eigenvalue weighted by Gasteiger charge is -2.43. The van der Waals surface area contributed by atoms with Crippen molar-refractivity contribution in [3.05, 3.63) is 0 Å². The summed E-state index contributed by atoms with van der Waals surface area (Å²) in [5.41, 5.74) is 0. The number of hydrogen-bond donors (Lipinski definition) is 5. The zero-order valence-corrected chi connectivity index (χ0v) is 25.3. The highest BCUT2D eigenvalue weighted by molar-refractivity contribution is 7.96. The Morgan fingerprint density at radius 2 is 1.22 bits per heavy atom. The van der Waals surface area contributed by atoms with Crippen molar-refractivity contribution >= 4 is 104 Å². The van der Waals surface area contributed by atoms with Crippen molar-refractivity contribution in [1.29, 1.82) is 0 Å². The molecule has 2 saturated heterocycles. The molecule has 0 aliphatic carbocycles. The summed E-state index contributed by atoms with van der Waals surface area (Å²) >= 11 is 31.0. The number of carbonyl (C=O) groups excluding carboxylic acids is 1. The fourth-order valence-corrected chi connectivity index (χ4v) is 4.41. The number of nitrogens with zero attached hydrogens (tertiary/aromatic N) is 6. The van der Waals surface area contributed by atoms with Gasteiger partial charge in [0.2, 0.25) is 0 Å². The fourth-order valence-electron chi connectivity index (χ4n) is 3.34. The molecule has 0 unspecified atom stereocenters. The van der Waals surface area contributed by atoms with Crippen molar-refractivity contribution in [2.75, 3.05) is 74.6 Å². The van der Waals surface area contributed by atoms with Crippen molar-refractivity contribution in [2.45, 2.75) is 6.42 Å². The summed E-state index contributed by atoms with van der Waals surface area (Å²) in [7, 11) is 5.51. The molecule has 2 heterocycles. The van der Waals surface area contributed by atoms with E-state index < -0.39 is 0 Å². The first-order valence-electron chi connectivity index (χ1n) is 10.8. The highest BCUT2D eigenvalue weighted by atomic mass is 32.1. The van der Waals surface area contributed by atoms with Gasteiger partial charge in [0.1, 0.15) is 13.5 Å². The first kappa shape index (κ1) is 30.8. The minimum Gasteiger partial charge on any atom is -0.382 e. The van der Waals surface area contributed by atoms with Crippen LogP contribution in [0.4, 0.5) is 4.79 Å². The van der Waals surface area contributed by atoms with E-state index in [2.05, 4.69) is 43.7 Å². The van der Waals surface area contributed by atoms with Crippen molar-refractivity contribution in [1.82, 2.24) is 50.7 Å². The Kier molecular flexibility index (Phi) is 12.9. The molecule has 2 rings (SSSR count). The molecule has 0 radical (unpaired) electrons. The first-order valence-corrected chi connectivity index (χ1v) is 13.3. The molecule has 0 spiro atoms. The lowest BCUT2D eigenvalue weighted by Crippen LogP contribution is -2.61. The molecule has 0 atom stereocenters. The van der Waals surface area contributed by atoms with Gasteiger partial charge in [0.05, 0.1) is 50.0 Å². The number of carbonyl (C=O) groups is 1. The third-order valence-corrected chi connectivity index (χ3v) is 7.43. The van der Waals surface area contributed by atoms with E-state index in [9.17, 15) is 4.79 Å². The van der Waals surface area contributed by atoms with Crippen LogP contribution in [0.3, 0.4) is 0 Å². The Balaban J connectivity index is 1.76. The lowest BCUT2D eigenvalue weighted by molar-refractivity contribution is 0.0629. The second-order valence-electron chi connectivity index (χ2n) is 7.94. The Hall–Kier alpha value is -1.41. The molecule has 0 aromatic rings. The van der Waals surface area contributed by atoms with E-state index in [0.717, 1.165) is 4.99 Å². The van der Waals surface area contributed by atoms with Crippen LogP contribution in [0.15, 0.2) is 0 Å². The molecular formula is C18H32N10O2S6. The van der Waals surface area contributed by atoms with Crippen molar-refractivity contribution in [2.24, 2.45) is 0 Å². The van der Waals surface area contributed by atoms with E-state index in [1.165, 1.54) is 4.90 Å². The molecule has 2 fully saturated rings. The predicted octanol–water partition coefficient (Wildman–Crippen LogP) is -0.301.